The van der Waals surface area contributed by atoms with E-state index < -0.39 is 23.8 Å². The highest BCUT2D eigenvalue weighted by Gasteiger charge is 2.42. The summed E-state index contributed by atoms with van der Waals surface area (Å²) in [6.07, 6.45) is 0. The highest BCUT2D eigenvalue weighted by atomic mass is 32.1. The van der Waals surface area contributed by atoms with Crippen molar-refractivity contribution in [3.8, 4) is 0 Å². The Morgan fingerprint density at radius 1 is 0.966 bits per heavy atom. The van der Waals surface area contributed by atoms with Gasteiger partial charge in [0.15, 0.2) is 6.04 Å². The van der Waals surface area contributed by atoms with Crippen molar-refractivity contribution >= 4 is 45.4 Å². The van der Waals surface area contributed by atoms with Crippen LogP contribution in [0.25, 0.3) is 0 Å². The van der Waals surface area contributed by atoms with Crippen molar-refractivity contribution in [2.24, 2.45) is 0 Å². The number of carbonyl (C=O) groups is 3. The lowest BCUT2D eigenvalue weighted by molar-refractivity contribution is -0.134. The summed E-state index contributed by atoms with van der Waals surface area (Å²) in [7, 11) is 0. The summed E-state index contributed by atoms with van der Waals surface area (Å²) in [5, 5.41) is 8.39. The number of carbonyl (C=O) groups excluding carboxylic acids is 3. The Kier molecular flexibility index (Phi) is 6.22. The summed E-state index contributed by atoms with van der Waals surface area (Å²) in [5.74, 6) is -1.27. The average molecular weight is 415 g/mol. The van der Waals surface area contributed by atoms with Gasteiger partial charge in [0.1, 0.15) is 0 Å². The van der Waals surface area contributed by atoms with Crippen molar-refractivity contribution in [3.05, 3.63) is 41.8 Å². The molecule has 0 unspecified atom stereocenters. The van der Waals surface area contributed by atoms with Crippen LogP contribution in [0.15, 0.2) is 41.8 Å². The van der Waals surface area contributed by atoms with Crippen molar-refractivity contribution < 1.29 is 14.4 Å². The first-order valence-corrected chi connectivity index (χ1v) is 10.5. The van der Waals surface area contributed by atoms with Gasteiger partial charge in [0, 0.05) is 12.1 Å². The molecule has 3 amide bonds. The van der Waals surface area contributed by atoms with Gasteiger partial charge in [-0.15, -0.1) is 11.3 Å². The van der Waals surface area contributed by atoms with E-state index in [0.29, 0.717) is 11.4 Å². The van der Waals surface area contributed by atoms with Gasteiger partial charge < -0.3 is 20.4 Å². The smallest absolute Gasteiger partial charge is 0.259 e. The molecule has 0 atom stereocenters. The van der Waals surface area contributed by atoms with Gasteiger partial charge in [0.25, 0.3) is 11.8 Å². The first-order chi connectivity index (χ1) is 13.8. The summed E-state index contributed by atoms with van der Waals surface area (Å²) in [6.45, 7) is 7.54. The van der Waals surface area contributed by atoms with E-state index >= 15 is 0 Å². The standard InChI is InChI=1S/C21H26N4O3S/c1-13(2)24-15-8-5-6-9-16(15)25(14(3)4)21(28)19(20(24)27)23-17(26)12-22-18-10-7-11-29-18/h5-11,13-14,19,22H,12H2,1-4H3,(H,23,26). The maximum Gasteiger partial charge on any atom is 0.259 e. The Bertz CT molecular complexity index is 848. The maximum atomic E-state index is 13.3. The van der Waals surface area contributed by atoms with E-state index in [1.54, 1.807) is 9.80 Å². The number of anilines is 3. The number of amides is 3. The predicted octanol–water partition coefficient (Wildman–Crippen LogP) is 2.84. The third-order valence-electron chi connectivity index (χ3n) is 4.65. The van der Waals surface area contributed by atoms with E-state index in [2.05, 4.69) is 10.6 Å². The molecule has 0 fully saturated rings. The minimum absolute atomic E-state index is 0.0200. The second-order valence-electron chi connectivity index (χ2n) is 7.42. The zero-order valence-electron chi connectivity index (χ0n) is 17.0. The molecular weight excluding hydrogens is 388 g/mol. The normalized spacial score (nSPS) is 15.0. The van der Waals surface area contributed by atoms with Crippen LogP contribution in [0.1, 0.15) is 27.7 Å². The highest BCUT2D eigenvalue weighted by Crippen LogP contribution is 2.35. The minimum atomic E-state index is -1.27. The predicted molar refractivity (Wildman–Crippen MR) is 116 cm³/mol. The molecule has 2 N–H and O–H groups in total. The van der Waals surface area contributed by atoms with Gasteiger partial charge in [0.05, 0.1) is 22.9 Å². The summed E-state index contributed by atoms with van der Waals surface area (Å²) in [5.41, 5.74) is 1.34. The Hall–Kier alpha value is -2.87. The number of hydrogen-bond acceptors (Lipinski definition) is 5. The number of nitrogens with one attached hydrogen (secondary N) is 2. The number of fused-ring (bicyclic) bond motifs is 1. The van der Waals surface area contributed by atoms with Gasteiger partial charge in [-0.2, -0.15) is 0 Å². The second-order valence-corrected chi connectivity index (χ2v) is 8.37. The van der Waals surface area contributed by atoms with Crippen LogP contribution in [0.2, 0.25) is 0 Å². The van der Waals surface area contributed by atoms with Gasteiger partial charge >= 0.3 is 0 Å². The number of benzene rings is 1. The van der Waals surface area contributed by atoms with Crippen LogP contribution in [-0.4, -0.2) is 42.4 Å². The Balaban J connectivity index is 1.91. The van der Waals surface area contributed by atoms with Crippen LogP contribution in [-0.2, 0) is 14.4 Å². The molecule has 154 valence electrons. The van der Waals surface area contributed by atoms with E-state index in [-0.39, 0.29) is 18.6 Å². The molecule has 1 aliphatic heterocycles. The van der Waals surface area contributed by atoms with Crippen LogP contribution >= 0.6 is 11.3 Å². The number of thiophene rings is 1. The van der Waals surface area contributed by atoms with Crippen LogP contribution in [0.4, 0.5) is 16.4 Å². The molecule has 7 nitrogen and oxygen atoms in total. The molecule has 0 bridgehead atoms. The number of para-hydroxylation sites is 2. The number of rotatable bonds is 6. The monoisotopic (exact) mass is 414 g/mol. The van der Waals surface area contributed by atoms with Gasteiger partial charge in [-0.25, -0.2) is 0 Å². The van der Waals surface area contributed by atoms with Crippen LogP contribution in [0, 0.1) is 0 Å². The number of nitrogens with zero attached hydrogens (tertiary/aromatic N) is 2. The molecule has 2 aromatic rings. The summed E-state index contributed by atoms with van der Waals surface area (Å²) in [6, 6.07) is 9.46. The minimum Gasteiger partial charge on any atom is -0.368 e. The number of hydrogen-bond donors (Lipinski definition) is 2. The molecule has 0 saturated carbocycles. The average Bonchev–Trinajstić information content (AvgIpc) is 3.16. The van der Waals surface area contributed by atoms with Crippen LogP contribution in [0.3, 0.4) is 0 Å². The molecule has 2 heterocycles. The topological polar surface area (TPSA) is 81.8 Å². The van der Waals surface area contributed by atoms with Crippen LogP contribution in [0.5, 0.6) is 0 Å². The van der Waals surface area contributed by atoms with Crippen LogP contribution < -0.4 is 20.4 Å². The first-order valence-electron chi connectivity index (χ1n) is 9.63. The van der Waals surface area contributed by atoms with Crippen molar-refractivity contribution in [3.63, 3.8) is 0 Å². The Morgan fingerprint density at radius 2 is 1.52 bits per heavy atom. The molecule has 0 saturated heterocycles. The van der Waals surface area contributed by atoms with E-state index in [4.69, 9.17) is 0 Å². The zero-order chi connectivity index (χ0) is 21.1. The molecule has 0 aliphatic carbocycles. The third-order valence-corrected chi connectivity index (χ3v) is 5.48. The SMILES string of the molecule is CC(C)N1C(=O)C(NC(=O)CNc2cccs2)C(=O)N(C(C)C)c2ccccc21. The Labute approximate surface area is 174 Å². The van der Waals surface area contributed by atoms with Gasteiger partial charge in [-0.3, -0.25) is 14.4 Å². The van der Waals surface area contributed by atoms with Gasteiger partial charge in [-0.1, -0.05) is 12.1 Å². The second kappa shape index (κ2) is 8.65. The van der Waals surface area contributed by atoms with Crippen molar-refractivity contribution in [1.82, 2.24) is 5.32 Å². The summed E-state index contributed by atoms with van der Waals surface area (Å²) < 4.78 is 0. The molecule has 1 aromatic heterocycles. The molecule has 1 aromatic carbocycles. The first kappa shape index (κ1) is 20.9. The van der Waals surface area contributed by atoms with E-state index in [1.165, 1.54) is 11.3 Å². The van der Waals surface area contributed by atoms with Crippen molar-refractivity contribution in [2.45, 2.75) is 45.8 Å². The zero-order valence-corrected chi connectivity index (χ0v) is 17.8. The molecule has 29 heavy (non-hydrogen) atoms. The summed E-state index contributed by atoms with van der Waals surface area (Å²) in [4.78, 5) is 42.4. The van der Waals surface area contributed by atoms with E-state index in [9.17, 15) is 14.4 Å². The fourth-order valence-corrected chi connectivity index (χ4v) is 4.06. The lowest BCUT2D eigenvalue weighted by atomic mass is 10.2. The fraction of sp³-hybridized carbons (Fsp3) is 0.381. The summed E-state index contributed by atoms with van der Waals surface area (Å²) >= 11 is 1.47. The van der Waals surface area contributed by atoms with Crippen molar-refractivity contribution in [1.29, 1.82) is 0 Å². The molecule has 8 heteroatoms. The Morgan fingerprint density at radius 3 is 1.97 bits per heavy atom. The lowest BCUT2D eigenvalue weighted by Gasteiger charge is -2.29. The van der Waals surface area contributed by atoms with Crippen molar-refractivity contribution in [2.75, 3.05) is 21.7 Å². The fourth-order valence-electron chi connectivity index (χ4n) is 3.44. The highest BCUT2D eigenvalue weighted by molar-refractivity contribution is 7.14. The quantitative estimate of drug-likeness (QED) is 0.712. The molecule has 3 rings (SSSR count). The van der Waals surface area contributed by atoms with Gasteiger partial charge in [-0.05, 0) is 57.3 Å². The third kappa shape index (κ3) is 4.27. The molecular formula is C21H26N4O3S. The maximum absolute atomic E-state index is 13.3. The van der Waals surface area contributed by atoms with E-state index in [0.717, 1.165) is 5.00 Å². The largest absolute Gasteiger partial charge is 0.368 e. The lowest BCUT2D eigenvalue weighted by Crippen LogP contribution is -2.58. The van der Waals surface area contributed by atoms with E-state index in [1.807, 2.05) is 69.5 Å². The van der Waals surface area contributed by atoms with Gasteiger partial charge in [0.2, 0.25) is 5.91 Å². The molecule has 0 spiro atoms. The molecule has 0 radical (unpaired) electrons. The molecule has 1 aliphatic rings.